The minimum absolute atomic E-state index is 0.207. The molecular weight excluding hydrogens is 298 g/mol. The second kappa shape index (κ2) is 5.83. The molecule has 0 N–H and O–H groups in total. The lowest BCUT2D eigenvalue weighted by molar-refractivity contribution is 0.0520. The van der Waals surface area contributed by atoms with Gasteiger partial charge < -0.3 is 0 Å². The van der Waals surface area contributed by atoms with Crippen LogP contribution in [0.1, 0.15) is 48.0 Å². The standard InChI is InChI=1S/C15H18F2O3S/c1-11-7-5-6-10-13(11)14(18)15(16,17)21(19,20)12-8-3-2-4-9-12/h5-7,10,12H,2-4,8-9H2,1H3. The number of hydrogen-bond acceptors (Lipinski definition) is 3. The molecule has 0 spiro atoms. The highest BCUT2D eigenvalue weighted by Crippen LogP contribution is 2.36. The van der Waals surface area contributed by atoms with Gasteiger partial charge in [0.15, 0.2) is 0 Å². The number of aryl methyl sites for hydroxylation is 1. The average Bonchev–Trinajstić information content (AvgIpc) is 2.47. The third-order valence-electron chi connectivity index (χ3n) is 4.00. The van der Waals surface area contributed by atoms with Crippen molar-refractivity contribution in [1.29, 1.82) is 0 Å². The number of carbonyl (C=O) groups excluding carboxylic acids is 1. The predicted molar refractivity (Wildman–Crippen MR) is 76.2 cm³/mol. The van der Waals surface area contributed by atoms with E-state index in [1.54, 1.807) is 6.07 Å². The fraction of sp³-hybridized carbons (Fsp3) is 0.533. The fourth-order valence-electron chi connectivity index (χ4n) is 2.70. The minimum Gasteiger partial charge on any atom is -0.286 e. The molecule has 0 bridgehead atoms. The Morgan fingerprint density at radius 1 is 1.14 bits per heavy atom. The zero-order valence-electron chi connectivity index (χ0n) is 11.8. The Kier molecular flexibility index (Phi) is 4.46. The van der Waals surface area contributed by atoms with Gasteiger partial charge >= 0.3 is 5.25 Å². The van der Waals surface area contributed by atoms with E-state index in [4.69, 9.17) is 0 Å². The number of sulfone groups is 1. The fourth-order valence-corrected chi connectivity index (χ4v) is 4.44. The highest BCUT2D eigenvalue weighted by Gasteiger charge is 2.55. The molecule has 0 atom stereocenters. The van der Waals surface area contributed by atoms with E-state index in [0.717, 1.165) is 6.42 Å². The van der Waals surface area contributed by atoms with Gasteiger partial charge in [0.1, 0.15) is 0 Å². The van der Waals surface area contributed by atoms with Gasteiger partial charge in [-0.15, -0.1) is 0 Å². The monoisotopic (exact) mass is 316 g/mol. The Bertz CT molecular complexity index is 632. The van der Waals surface area contributed by atoms with Gasteiger partial charge in [-0.05, 0) is 25.3 Å². The molecule has 1 saturated carbocycles. The second-order valence-electron chi connectivity index (χ2n) is 5.47. The molecule has 3 nitrogen and oxygen atoms in total. The highest BCUT2D eigenvalue weighted by molar-refractivity contribution is 7.93. The number of carbonyl (C=O) groups is 1. The SMILES string of the molecule is Cc1ccccc1C(=O)C(F)(F)S(=O)(=O)C1CCCCC1. The summed E-state index contributed by atoms with van der Waals surface area (Å²) in [5, 5.41) is -5.48. The summed E-state index contributed by atoms with van der Waals surface area (Å²) in [5.74, 6) is -1.62. The molecule has 0 heterocycles. The van der Waals surface area contributed by atoms with E-state index in [1.165, 1.54) is 25.1 Å². The molecule has 0 aromatic heterocycles. The van der Waals surface area contributed by atoms with Crippen LogP contribution in [0, 0.1) is 6.92 Å². The van der Waals surface area contributed by atoms with Gasteiger partial charge in [-0.25, -0.2) is 8.42 Å². The first-order valence-corrected chi connectivity index (χ1v) is 8.55. The lowest BCUT2D eigenvalue weighted by Crippen LogP contribution is -2.44. The Hall–Kier alpha value is -1.30. The lowest BCUT2D eigenvalue weighted by Gasteiger charge is -2.26. The van der Waals surface area contributed by atoms with Crippen molar-refractivity contribution in [1.82, 2.24) is 0 Å². The zero-order chi connectivity index (χ0) is 15.7. The van der Waals surface area contributed by atoms with E-state index >= 15 is 0 Å². The summed E-state index contributed by atoms with van der Waals surface area (Å²) in [6.07, 6.45) is 2.48. The van der Waals surface area contributed by atoms with Gasteiger partial charge in [0, 0.05) is 5.56 Å². The van der Waals surface area contributed by atoms with Gasteiger partial charge in [0.2, 0.25) is 15.6 Å². The molecule has 21 heavy (non-hydrogen) atoms. The van der Waals surface area contributed by atoms with E-state index in [-0.39, 0.29) is 18.4 Å². The van der Waals surface area contributed by atoms with Crippen LogP contribution in [-0.2, 0) is 9.84 Å². The van der Waals surface area contributed by atoms with E-state index < -0.39 is 26.1 Å². The number of Topliss-reactive ketones (excluding diaryl/α,β-unsaturated/α-hetero) is 1. The first-order chi connectivity index (χ1) is 9.78. The van der Waals surface area contributed by atoms with Crippen molar-refractivity contribution >= 4 is 15.6 Å². The molecular formula is C15H18F2O3S. The van der Waals surface area contributed by atoms with Gasteiger partial charge in [0.25, 0.3) is 0 Å². The van der Waals surface area contributed by atoms with Crippen LogP contribution in [0.15, 0.2) is 24.3 Å². The van der Waals surface area contributed by atoms with Crippen molar-refractivity contribution in [2.24, 2.45) is 0 Å². The number of hydrogen-bond donors (Lipinski definition) is 0. The molecule has 116 valence electrons. The second-order valence-corrected chi connectivity index (χ2v) is 7.74. The van der Waals surface area contributed by atoms with Gasteiger partial charge in [-0.3, -0.25) is 4.79 Å². The molecule has 1 aliphatic rings. The van der Waals surface area contributed by atoms with Gasteiger partial charge in [-0.1, -0.05) is 43.5 Å². The Morgan fingerprint density at radius 3 is 2.29 bits per heavy atom. The van der Waals surface area contributed by atoms with Crippen LogP contribution in [0.2, 0.25) is 0 Å². The maximum Gasteiger partial charge on any atom is 0.407 e. The molecule has 1 fully saturated rings. The van der Waals surface area contributed by atoms with Crippen LogP contribution in [0.3, 0.4) is 0 Å². The van der Waals surface area contributed by atoms with E-state index in [1.807, 2.05) is 0 Å². The van der Waals surface area contributed by atoms with Crippen molar-refractivity contribution in [2.45, 2.75) is 49.5 Å². The summed E-state index contributed by atoms with van der Waals surface area (Å²) in [6.45, 7) is 1.51. The number of benzene rings is 1. The Balaban J connectivity index is 2.36. The lowest BCUT2D eigenvalue weighted by atomic mass is 10.0. The highest BCUT2D eigenvalue weighted by atomic mass is 32.2. The average molecular weight is 316 g/mol. The normalized spacial score (nSPS) is 17.7. The smallest absolute Gasteiger partial charge is 0.286 e. The minimum atomic E-state index is -4.81. The topological polar surface area (TPSA) is 51.2 Å². The van der Waals surface area contributed by atoms with Crippen molar-refractivity contribution in [3.05, 3.63) is 35.4 Å². The Morgan fingerprint density at radius 2 is 1.71 bits per heavy atom. The molecule has 0 aliphatic heterocycles. The molecule has 1 aromatic carbocycles. The van der Waals surface area contributed by atoms with Crippen LogP contribution >= 0.6 is 0 Å². The maximum absolute atomic E-state index is 14.3. The molecule has 2 rings (SSSR count). The number of halogens is 2. The van der Waals surface area contributed by atoms with Gasteiger partial charge in [-0.2, -0.15) is 8.78 Å². The van der Waals surface area contributed by atoms with Crippen molar-refractivity contribution < 1.29 is 22.0 Å². The first kappa shape index (κ1) is 16.1. The molecule has 0 unspecified atom stereocenters. The molecule has 1 aromatic rings. The number of alkyl halides is 2. The van der Waals surface area contributed by atoms with E-state index in [9.17, 15) is 22.0 Å². The summed E-state index contributed by atoms with van der Waals surface area (Å²) < 4.78 is 52.9. The van der Waals surface area contributed by atoms with E-state index in [2.05, 4.69) is 0 Å². The van der Waals surface area contributed by atoms with Crippen LogP contribution in [-0.4, -0.2) is 24.7 Å². The van der Waals surface area contributed by atoms with Crippen LogP contribution < -0.4 is 0 Å². The molecule has 1 aliphatic carbocycles. The van der Waals surface area contributed by atoms with E-state index in [0.29, 0.717) is 18.4 Å². The van der Waals surface area contributed by atoms with Crippen LogP contribution in [0.25, 0.3) is 0 Å². The van der Waals surface area contributed by atoms with Crippen LogP contribution in [0.5, 0.6) is 0 Å². The summed E-state index contributed by atoms with van der Waals surface area (Å²) in [4.78, 5) is 12.0. The van der Waals surface area contributed by atoms with Crippen molar-refractivity contribution in [3.8, 4) is 0 Å². The summed E-state index contributed by atoms with van der Waals surface area (Å²) in [5.41, 5.74) is 0.114. The molecule has 0 amide bonds. The first-order valence-electron chi connectivity index (χ1n) is 7.00. The quantitative estimate of drug-likeness (QED) is 0.799. The molecule has 0 radical (unpaired) electrons. The summed E-state index contributed by atoms with van der Waals surface area (Å²) in [6, 6.07) is 5.81. The largest absolute Gasteiger partial charge is 0.407 e. The molecule has 6 heteroatoms. The summed E-state index contributed by atoms with van der Waals surface area (Å²) >= 11 is 0. The van der Waals surface area contributed by atoms with Crippen molar-refractivity contribution in [2.75, 3.05) is 0 Å². The van der Waals surface area contributed by atoms with Crippen LogP contribution in [0.4, 0.5) is 8.78 Å². The van der Waals surface area contributed by atoms with Gasteiger partial charge in [0.05, 0.1) is 5.25 Å². The third kappa shape index (κ3) is 2.86. The zero-order valence-corrected chi connectivity index (χ0v) is 12.6. The predicted octanol–water partition coefficient (Wildman–Crippen LogP) is 3.52. The molecule has 0 saturated heterocycles. The number of rotatable bonds is 4. The third-order valence-corrected chi connectivity index (χ3v) is 6.25. The summed E-state index contributed by atoms with van der Waals surface area (Å²) in [7, 11) is -4.81. The number of ketones is 1. The van der Waals surface area contributed by atoms with Crippen molar-refractivity contribution in [3.63, 3.8) is 0 Å². The Labute approximate surface area is 123 Å². The maximum atomic E-state index is 14.3.